The predicted molar refractivity (Wildman–Crippen MR) is 159 cm³/mol. The fourth-order valence-electron chi connectivity index (χ4n) is 5.55. The molecule has 1 saturated heterocycles. The lowest BCUT2D eigenvalue weighted by atomic mass is 9.98. The Hall–Kier alpha value is -3.86. The summed E-state index contributed by atoms with van der Waals surface area (Å²) >= 11 is 1.34. The second-order valence-corrected chi connectivity index (χ2v) is 11.5. The van der Waals surface area contributed by atoms with E-state index in [2.05, 4.69) is 0 Å². The van der Waals surface area contributed by atoms with Crippen molar-refractivity contribution in [1.82, 2.24) is 0 Å². The number of carbonyl (C=O) groups is 3. The molecule has 1 aliphatic heterocycles. The molecule has 10 heteroatoms. The summed E-state index contributed by atoms with van der Waals surface area (Å²) in [5, 5.41) is 0. The summed E-state index contributed by atoms with van der Waals surface area (Å²) in [6.45, 7) is 3.30. The van der Waals surface area contributed by atoms with Crippen molar-refractivity contribution in [2.75, 3.05) is 19.5 Å². The van der Waals surface area contributed by atoms with Crippen LogP contribution in [0.1, 0.15) is 36.5 Å². The van der Waals surface area contributed by atoms with E-state index in [0.717, 1.165) is 27.8 Å². The molecule has 226 valence electrons. The van der Waals surface area contributed by atoms with E-state index >= 15 is 0 Å². The van der Waals surface area contributed by atoms with Crippen LogP contribution in [0.3, 0.4) is 0 Å². The SMILES string of the molecule is CCSC1O[C@H](C(=O)OC)[C@@H](OC(=O)OCC2c3ccccc3-c3ccccc32)[C@H](OCc2ccccc2)[C@H]1OC(C)=O. The van der Waals surface area contributed by atoms with E-state index in [-0.39, 0.29) is 19.1 Å². The number of fused-ring (bicyclic) bond motifs is 3. The maximum atomic E-state index is 13.3. The Morgan fingerprint density at radius 3 is 2.05 bits per heavy atom. The van der Waals surface area contributed by atoms with Gasteiger partial charge >= 0.3 is 18.1 Å². The van der Waals surface area contributed by atoms with Crippen molar-refractivity contribution in [1.29, 1.82) is 0 Å². The molecule has 1 unspecified atom stereocenters. The smallest absolute Gasteiger partial charge is 0.467 e. The van der Waals surface area contributed by atoms with Gasteiger partial charge in [-0.05, 0) is 33.6 Å². The van der Waals surface area contributed by atoms with Crippen LogP contribution in [0.15, 0.2) is 78.9 Å². The molecule has 0 radical (unpaired) electrons. The number of hydrogen-bond donors (Lipinski definition) is 0. The second-order valence-electron chi connectivity index (χ2n) is 10.1. The lowest BCUT2D eigenvalue weighted by molar-refractivity contribution is -0.234. The van der Waals surface area contributed by atoms with Crippen LogP contribution in [-0.2, 0) is 44.6 Å². The molecule has 0 saturated carbocycles. The van der Waals surface area contributed by atoms with Gasteiger partial charge in [0, 0.05) is 12.8 Å². The number of rotatable bonds is 10. The average molecular weight is 607 g/mol. The molecule has 5 rings (SSSR count). The fourth-order valence-corrected chi connectivity index (χ4v) is 6.48. The molecule has 5 atom stereocenters. The topological polar surface area (TPSA) is 107 Å². The summed E-state index contributed by atoms with van der Waals surface area (Å²) in [5.41, 5.74) is 4.33. The maximum Gasteiger partial charge on any atom is 0.508 e. The van der Waals surface area contributed by atoms with Crippen molar-refractivity contribution in [3.63, 3.8) is 0 Å². The van der Waals surface area contributed by atoms with Gasteiger partial charge in [-0.15, -0.1) is 11.8 Å². The van der Waals surface area contributed by atoms with Gasteiger partial charge in [0.1, 0.15) is 18.1 Å². The molecule has 0 N–H and O–H groups in total. The molecule has 43 heavy (non-hydrogen) atoms. The van der Waals surface area contributed by atoms with Crippen LogP contribution in [0, 0.1) is 0 Å². The highest BCUT2D eigenvalue weighted by atomic mass is 32.2. The molecule has 0 bridgehead atoms. The van der Waals surface area contributed by atoms with Crippen LogP contribution < -0.4 is 0 Å². The van der Waals surface area contributed by atoms with Crippen LogP contribution in [0.4, 0.5) is 4.79 Å². The first-order chi connectivity index (χ1) is 20.9. The van der Waals surface area contributed by atoms with Gasteiger partial charge in [-0.1, -0.05) is 85.8 Å². The zero-order valence-corrected chi connectivity index (χ0v) is 25.0. The van der Waals surface area contributed by atoms with Gasteiger partial charge in [0.15, 0.2) is 18.3 Å². The Kier molecular flexibility index (Phi) is 10.0. The van der Waals surface area contributed by atoms with E-state index < -0.39 is 47.9 Å². The van der Waals surface area contributed by atoms with Crippen molar-refractivity contribution in [2.45, 2.75) is 56.2 Å². The van der Waals surface area contributed by atoms with Crippen LogP contribution in [0.5, 0.6) is 0 Å². The first-order valence-electron chi connectivity index (χ1n) is 14.1. The third-order valence-electron chi connectivity index (χ3n) is 7.41. The lowest BCUT2D eigenvalue weighted by Gasteiger charge is -2.43. The fraction of sp³-hybridized carbons (Fsp3) is 0.364. The number of ether oxygens (including phenoxy) is 6. The van der Waals surface area contributed by atoms with Gasteiger partial charge < -0.3 is 28.4 Å². The van der Waals surface area contributed by atoms with Crippen molar-refractivity contribution >= 4 is 29.9 Å². The summed E-state index contributed by atoms with van der Waals surface area (Å²) in [4.78, 5) is 38.4. The van der Waals surface area contributed by atoms with E-state index in [0.29, 0.717) is 5.75 Å². The minimum absolute atomic E-state index is 0.0144. The highest BCUT2D eigenvalue weighted by molar-refractivity contribution is 7.99. The number of benzene rings is 3. The van der Waals surface area contributed by atoms with Crippen LogP contribution in [0.2, 0.25) is 0 Å². The molecular formula is C33H34O9S. The minimum atomic E-state index is -1.35. The summed E-state index contributed by atoms with van der Waals surface area (Å²) in [7, 11) is 1.22. The molecule has 1 fully saturated rings. The third kappa shape index (κ3) is 6.87. The number of hydrogen-bond acceptors (Lipinski definition) is 10. The van der Waals surface area contributed by atoms with Crippen LogP contribution in [0.25, 0.3) is 11.1 Å². The zero-order chi connectivity index (χ0) is 30.3. The maximum absolute atomic E-state index is 13.3. The molecule has 1 aliphatic carbocycles. The summed E-state index contributed by atoms with van der Waals surface area (Å²) < 4.78 is 34.4. The third-order valence-corrected chi connectivity index (χ3v) is 8.45. The zero-order valence-electron chi connectivity index (χ0n) is 24.2. The van der Waals surface area contributed by atoms with Gasteiger partial charge in [-0.3, -0.25) is 4.79 Å². The van der Waals surface area contributed by atoms with Crippen molar-refractivity contribution in [3.8, 4) is 11.1 Å². The number of methoxy groups -OCH3 is 1. The molecule has 3 aromatic rings. The van der Waals surface area contributed by atoms with Crippen LogP contribution >= 0.6 is 11.8 Å². The summed E-state index contributed by atoms with van der Waals surface area (Å²) in [6, 6.07) is 25.3. The molecule has 0 spiro atoms. The molecular weight excluding hydrogens is 572 g/mol. The van der Waals surface area contributed by atoms with Crippen molar-refractivity contribution in [2.24, 2.45) is 0 Å². The Balaban J connectivity index is 1.39. The highest BCUT2D eigenvalue weighted by Gasteiger charge is 2.54. The average Bonchev–Trinajstić information content (AvgIpc) is 3.34. The van der Waals surface area contributed by atoms with Crippen LogP contribution in [-0.4, -0.2) is 67.4 Å². The monoisotopic (exact) mass is 606 g/mol. The normalized spacial score (nSPS) is 22.6. The Morgan fingerprint density at radius 2 is 1.44 bits per heavy atom. The largest absolute Gasteiger partial charge is 0.508 e. The Bertz CT molecular complexity index is 1380. The van der Waals surface area contributed by atoms with Crippen molar-refractivity contribution < 1.29 is 42.8 Å². The van der Waals surface area contributed by atoms with Gasteiger partial charge in [0.2, 0.25) is 0 Å². The lowest BCUT2D eigenvalue weighted by Crippen LogP contribution is -2.62. The molecule has 2 aliphatic rings. The number of esters is 2. The van der Waals surface area contributed by atoms with E-state index in [9.17, 15) is 14.4 Å². The van der Waals surface area contributed by atoms with E-state index in [4.69, 9.17) is 28.4 Å². The quantitative estimate of drug-likeness (QED) is 0.217. The van der Waals surface area contributed by atoms with Gasteiger partial charge in [-0.25, -0.2) is 9.59 Å². The Labute approximate surface area is 254 Å². The molecule has 3 aromatic carbocycles. The first-order valence-corrected chi connectivity index (χ1v) is 15.1. The van der Waals surface area contributed by atoms with Gasteiger partial charge in [-0.2, -0.15) is 0 Å². The number of carbonyl (C=O) groups excluding carboxylic acids is 3. The summed E-state index contributed by atoms with van der Waals surface area (Å²) in [5.74, 6) is -0.921. The molecule has 1 heterocycles. The van der Waals surface area contributed by atoms with Gasteiger partial charge in [0.05, 0.1) is 13.7 Å². The van der Waals surface area contributed by atoms with E-state index in [1.807, 2.05) is 85.8 Å². The summed E-state index contributed by atoms with van der Waals surface area (Å²) in [6.07, 6.45) is -5.74. The second kappa shape index (κ2) is 14.1. The molecule has 0 aromatic heterocycles. The Morgan fingerprint density at radius 1 is 0.814 bits per heavy atom. The molecule has 9 nitrogen and oxygen atoms in total. The first kappa shape index (κ1) is 30.6. The van der Waals surface area contributed by atoms with E-state index in [1.165, 1.54) is 25.8 Å². The van der Waals surface area contributed by atoms with Gasteiger partial charge in [0.25, 0.3) is 0 Å². The highest BCUT2D eigenvalue weighted by Crippen LogP contribution is 2.44. The number of thioether (sulfide) groups is 1. The standard InChI is InChI=1S/C33H34O9S/c1-4-43-32-30(40-20(2)34)27(38-18-21-12-6-5-7-13-21)28(29(41-32)31(35)37-3)42-33(36)39-19-26-24-16-10-8-14-22(24)23-15-9-11-17-25(23)26/h5-17,26-30,32H,4,18-19H2,1-3H3/t27-,28-,29-,30+,32?/m0/s1. The molecule has 0 amide bonds. The van der Waals surface area contributed by atoms with E-state index in [1.54, 1.807) is 0 Å². The predicted octanol–water partition coefficient (Wildman–Crippen LogP) is 5.49. The minimum Gasteiger partial charge on any atom is -0.467 e. The van der Waals surface area contributed by atoms with Crippen molar-refractivity contribution in [3.05, 3.63) is 95.6 Å².